The number of hydrogen-bond donors (Lipinski definition) is 1. The molecule has 1 amide bonds. The molecule has 1 N–H and O–H groups in total. The van der Waals surface area contributed by atoms with E-state index in [-0.39, 0.29) is 5.91 Å². The summed E-state index contributed by atoms with van der Waals surface area (Å²) in [4.78, 5) is 16.7. The van der Waals surface area contributed by atoms with Crippen LogP contribution >= 0.6 is 11.8 Å². The van der Waals surface area contributed by atoms with Crippen LogP contribution in [0.25, 0.3) is 10.9 Å². The van der Waals surface area contributed by atoms with Gasteiger partial charge in [0.15, 0.2) is 0 Å². The smallest absolute Gasteiger partial charge is 0.253 e. The van der Waals surface area contributed by atoms with Crippen molar-refractivity contribution in [3.8, 4) is 0 Å². The molecule has 0 aliphatic heterocycles. The molecule has 0 saturated heterocycles. The number of nitrogens with one attached hydrogen (secondary N) is 1. The second-order valence-corrected chi connectivity index (χ2v) is 6.28. The van der Waals surface area contributed by atoms with Gasteiger partial charge in [-0.1, -0.05) is 48.5 Å². The fourth-order valence-electron chi connectivity index (χ4n) is 2.38. The van der Waals surface area contributed by atoms with Gasteiger partial charge in [-0.05, 0) is 17.7 Å². The lowest BCUT2D eigenvalue weighted by Gasteiger charge is -2.07. The average molecular weight is 322 g/mol. The van der Waals surface area contributed by atoms with Crippen LogP contribution in [-0.4, -0.2) is 23.2 Å². The molecule has 4 heteroatoms. The molecule has 0 unspecified atom stereocenters. The first kappa shape index (κ1) is 15.6. The first-order chi connectivity index (χ1) is 11.3. The number of pyridine rings is 1. The molecular weight excluding hydrogens is 304 g/mol. The molecule has 0 aliphatic rings. The summed E-state index contributed by atoms with van der Waals surface area (Å²) in [7, 11) is 0. The zero-order valence-electron chi connectivity index (χ0n) is 12.7. The van der Waals surface area contributed by atoms with Crippen LogP contribution < -0.4 is 5.32 Å². The predicted octanol–water partition coefficient (Wildman–Crippen LogP) is 3.90. The Labute approximate surface area is 140 Å². The SMILES string of the molecule is O=C(NCCSCc1ccccc1)c1cccc2cccnc12. The Morgan fingerprint density at radius 2 is 1.83 bits per heavy atom. The number of para-hydroxylation sites is 1. The van der Waals surface area contributed by atoms with E-state index in [1.807, 2.05) is 60.3 Å². The summed E-state index contributed by atoms with van der Waals surface area (Å²) >= 11 is 1.82. The number of rotatable bonds is 6. The monoisotopic (exact) mass is 322 g/mol. The summed E-state index contributed by atoms with van der Waals surface area (Å²) in [6.45, 7) is 0.652. The molecule has 2 aromatic carbocycles. The number of fused-ring (bicyclic) bond motifs is 1. The van der Waals surface area contributed by atoms with Crippen molar-refractivity contribution >= 4 is 28.6 Å². The molecule has 3 nitrogen and oxygen atoms in total. The Morgan fingerprint density at radius 1 is 1.00 bits per heavy atom. The minimum Gasteiger partial charge on any atom is -0.351 e. The fourth-order valence-corrected chi connectivity index (χ4v) is 3.20. The van der Waals surface area contributed by atoms with Gasteiger partial charge in [-0.3, -0.25) is 9.78 Å². The zero-order valence-corrected chi connectivity index (χ0v) is 13.6. The van der Waals surface area contributed by atoms with Gasteiger partial charge in [-0.25, -0.2) is 0 Å². The molecule has 23 heavy (non-hydrogen) atoms. The van der Waals surface area contributed by atoms with Crippen LogP contribution in [0.3, 0.4) is 0 Å². The van der Waals surface area contributed by atoms with Gasteiger partial charge in [0.25, 0.3) is 5.91 Å². The Balaban J connectivity index is 1.51. The Morgan fingerprint density at radius 3 is 2.70 bits per heavy atom. The van der Waals surface area contributed by atoms with Gasteiger partial charge in [0.05, 0.1) is 11.1 Å². The Kier molecular flexibility index (Phi) is 5.27. The van der Waals surface area contributed by atoms with Crippen molar-refractivity contribution in [2.45, 2.75) is 5.75 Å². The second-order valence-electron chi connectivity index (χ2n) is 5.17. The van der Waals surface area contributed by atoms with Gasteiger partial charge in [-0.2, -0.15) is 11.8 Å². The number of aromatic nitrogens is 1. The van der Waals surface area contributed by atoms with Crippen LogP contribution in [0.2, 0.25) is 0 Å². The van der Waals surface area contributed by atoms with Crippen molar-refractivity contribution in [1.29, 1.82) is 0 Å². The van der Waals surface area contributed by atoms with Crippen LogP contribution in [0.15, 0.2) is 66.9 Å². The molecule has 0 bridgehead atoms. The highest BCUT2D eigenvalue weighted by Gasteiger charge is 2.09. The van der Waals surface area contributed by atoms with E-state index in [1.165, 1.54) is 5.56 Å². The second kappa shape index (κ2) is 7.79. The molecule has 0 spiro atoms. The van der Waals surface area contributed by atoms with E-state index in [0.29, 0.717) is 12.1 Å². The topological polar surface area (TPSA) is 42.0 Å². The highest BCUT2D eigenvalue weighted by molar-refractivity contribution is 7.98. The lowest BCUT2D eigenvalue weighted by atomic mass is 10.1. The maximum absolute atomic E-state index is 12.3. The third kappa shape index (κ3) is 4.11. The van der Waals surface area contributed by atoms with Crippen LogP contribution in [0.4, 0.5) is 0 Å². The van der Waals surface area contributed by atoms with Gasteiger partial charge in [-0.15, -0.1) is 0 Å². The number of nitrogens with zero attached hydrogens (tertiary/aromatic N) is 1. The van der Waals surface area contributed by atoms with Crippen LogP contribution in [0.1, 0.15) is 15.9 Å². The van der Waals surface area contributed by atoms with Crippen LogP contribution in [0, 0.1) is 0 Å². The molecular formula is C19H18N2OS. The first-order valence-corrected chi connectivity index (χ1v) is 8.74. The maximum atomic E-state index is 12.3. The lowest BCUT2D eigenvalue weighted by molar-refractivity contribution is 0.0957. The van der Waals surface area contributed by atoms with E-state index >= 15 is 0 Å². The van der Waals surface area contributed by atoms with Gasteiger partial charge in [0, 0.05) is 29.6 Å². The molecule has 3 rings (SSSR count). The molecule has 0 radical (unpaired) electrons. The molecule has 3 aromatic rings. The normalized spacial score (nSPS) is 10.6. The number of hydrogen-bond acceptors (Lipinski definition) is 3. The molecule has 0 atom stereocenters. The highest BCUT2D eigenvalue weighted by Crippen LogP contribution is 2.16. The van der Waals surface area contributed by atoms with E-state index < -0.39 is 0 Å². The quantitative estimate of drug-likeness (QED) is 0.700. The summed E-state index contributed by atoms with van der Waals surface area (Å²) in [5, 5.41) is 3.96. The third-order valence-electron chi connectivity index (χ3n) is 3.52. The number of benzene rings is 2. The van der Waals surface area contributed by atoms with E-state index in [1.54, 1.807) is 6.20 Å². The molecule has 1 heterocycles. The fraction of sp³-hybridized carbons (Fsp3) is 0.158. The number of thioether (sulfide) groups is 1. The van der Waals surface area contributed by atoms with Crippen molar-refractivity contribution in [2.24, 2.45) is 0 Å². The van der Waals surface area contributed by atoms with Gasteiger partial charge in [0.2, 0.25) is 0 Å². The Hall–Kier alpha value is -2.33. The number of amides is 1. The van der Waals surface area contributed by atoms with Crippen molar-refractivity contribution in [3.05, 3.63) is 78.0 Å². The Bertz CT molecular complexity index is 784. The van der Waals surface area contributed by atoms with Crippen molar-refractivity contribution in [2.75, 3.05) is 12.3 Å². The molecule has 116 valence electrons. The average Bonchev–Trinajstić information content (AvgIpc) is 2.61. The van der Waals surface area contributed by atoms with Crippen molar-refractivity contribution in [1.82, 2.24) is 10.3 Å². The summed E-state index contributed by atoms with van der Waals surface area (Å²) < 4.78 is 0. The number of carbonyl (C=O) groups is 1. The van der Waals surface area contributed by atoms with Crippen molar-refractivity contribution < 1.29 is 4.79 Å². The molecule has 0 aliphatic carbocycles. The first-order valence-electron chi connectivity index (χ1n) is 7.58. The van der Waals surface area contributed by atoms with E-state index in [4.69, 9.17) is 0 Å². The van der Waals surface area contributed by atoms with Gasteiger partial charge >= 0.3 is 0 Å². The lowest BCUT2D eigenvalue weighted by Crippen LogP contribution is -2.26. The number of carbonyl (C=O) groups excluding carboxylic acids is 1. The van der Waals surface area contributed by atoms with Crippen LogP contribution in [0.5, 0.6) is 0 Å². The summed E-state index contributed by atoms with van der Waals surface area (Å²) in [6, 6.07) is 19.9. The van der Waals surface area contributed by atoms with E-state index in [9.17, 15) is 4.79 Å². The summed E-state index contributed by atoms with van der Waals surface area (Å²) in [5.41, 5.74) is 2.70. The molecule has 0 saturated carbocycles. The largest absolute Gasteiger partial charge is 0.351 e. The molecule has 1 aromatic heterocycles. The van der Waals surface area contributed by atoms with Gasteiger partial charge in [0.1, 0.15) is 0 Å². The standard InChI is InChI=1S/C19H18N2OS/c22-19(17-10-4-8-16-9-5-11-20-18(16)17)21-12-13-23-14-15-6-2-1-3-7-15/h1-11H,12-14H2,(H,21,22). The van der Waals surface area contributed by atoms with E-state index in [2.05, 4.69) is 22.4 Å². The van der Waals surface area contributed by atoms with Gasteiger partial charge < -0.3 is 5.32 Å². The minimum absolute atomic E-state index is 0.0605. The third-order valence-corrected chi connectivity index (χ3v) is 4.55. The predicted molar refractivity (Wildman–Crippen MR) is 96.7 cm³/mol. The zero-order chi connectivity index (χ0) is 15.9. The van der Waals surface area contributed by atoms with E-state index in [0.717, 1.165) is 22.4 Å². The van der Waals surface area contributed by atoms with Crippen LogP contribution in [-0.2, 0) is 5.75 Å². The molecule has 0 fully saturated rings. The summed E-state index contributed by atoms with van der Waals surface area (Å²) in [5.74, 6) is 1.79. The maximum Gasteiger partial charge on any atom is 0.253 e. The highest BCUT2D eigenvalue weighted by atomic mass is 32.2. The minimum atomic E-state index is -0.0605. The van der Waals surface area contributed by atoms with Crippen molar-refractivity contribution in [3.63, 3.8) is 0 Å². The summed E-state index contributed by atoms with van der Waals surface area (Å²) in [6.07, 6.45) is 1.72.